The lowest BCUT2D eigenvalue weighted by atomic mass is 9.90. The third-order valence-electron chi connectivity index (χ3n) is 3.92. The first-order valence-corrected chi connectivity index (χ1v) is 6.71. The second-order valence-corrected chi connectivity index (χ2v) is 5.31. The first-order valence-electron chi connectivity index (χ1n) is 6.71. The molecule has 1 aliphatic rings. The summed E-state index contributed by atoms with van der Waals surface area (Å²) in [6.45, 7) is 3.06. The predicted octanol–water partition coefficient (Wildman–Crippen LogP) is 1.74. The molecule has 1 aromatic heterocycles. The number of nitrogens with one attached hydrogen (secondary N) is 2. The van der Waals surface area contributed by atoms with Gasteiger partial charge >= 0.3 is 0 Å². The Labute approximate surface area is 128 Å². The summed E-state index contributed by atoms with van der Waals surface area (Å²) in [5.74, 6) is -0.166. The fraction of sp³-hybridized carbons (Fsp3) is 0.429. The van der Waals surface area contributed by atoms with Crippen LogP contribution in [0.3, 0.4) is 0 Å². The van der Waals surface area contributed by atoms with Crippen LogP contribution in [0.15, 0.2) is 18.3 Å². The van der Waals surface area contributed by atoms with E-state index in [2.05, 4.69) is 15.5 Å². The van der Waals surface area contributed by atoms with Crippen molar-refractivity contribution in [3.05, 3.63) is 23.9 Å². The van der Waals surface area contributed by atoms with Crippen LogP contribution in [0.25, 0.3) is 10.9 Å². The molecule has 0 saturated carbocycles. The number of aromatic nitrogens is 2. The highest BCUT2D eigenvalue weighted by molar-refractivity contribution is 6.04. The van der Waals surface area contributed by atoms with E-state index in [4.69, 9.17) is 10.5 Å². The molecule has 4 N–H and O–H groups in total. The van der Waals surface area contributed by atoms with Crippen molar-refractivity contribution in [3.8, 4) is 0 Å². The van der Waals surface area contributed by atoms with E-state index in [1.807, 2.05) is 19.1 Å². The fourth-order valence-electron chi connectivity index (χ4n) is 2.49. The second-order valence-electron chi connectivity index (χ2n) is 5.31. The first kappa shape index (κ1) is 15.8. The summed E-state index contributed by atoms with van der Waals surface area (Å²) in [6.07, 6.45) is 2.83. The van der Waals surface area contributed by atoms with Crippen molar-refractivity contribution < 1.29 is 9.53 Å². The van der Waals surface area contributed by atoms with Crippen LogP contribution in [0.1, 0.15) is 18.4 Å². The summed E-state index contributed by atoms with van der Waals surface area (Å²) in [5, 5.41) is 10.9. The van der Waals surface area contributed by atoms with Gasteiger partial charge in [0.05, 0.1) is 17.4 Å². The van der Waals surface area contributed by atoms with Crippen LogP contribution < -0.4 is 11.1 Å². The molecule has 21 heavy (non-hydrogen) atoms. The molecule has 1 aliphatic heterocycles. The summed E-state index contributed by atoms with van der Waals surface area (Å²) in [5.41, 5.74) is 7.98. The first-order chi connectivity index (χ1) is 9.60. The number of nitrogens with zero attached hydrogens (tertiary/aromatic N) is 1. The molecule has 0 bridgehead atoms. The molecule has 2 aromatic rings. The summed E-state index contributed by atoms with van der Waals surface area (Å²) < 4.78 is 5.26. The minimum atomic E-state index is -0.852. The Balaban J connectivity index is 0.00000161. The molecule has 0 unspecified atom stereocenters. The van der Waals surface area contributed by atoms with Gasteiger partial charge in [-0.15, -0.1) is 12.4 Å². The number of aryl methyl sites for hydroxylation is 1. The smallest absolute Gasteiger partial charge is 0.244 e. The molecule has 2 heterocycles. The fourth-order valence-corrected chi connectivity index (χ4v) is 2.49. The van der Waals surface area contributed by atoms with Crippen molar-refractivity contribution >= 4 is 34.9 Å². The molecule has 1 saturated heterocycles. The predicted molar refractivity (Wildman–Crippen MR) is 83.7 cm³/mol. The number of carbonyl (C=O) groups is 1. The number of amides is 1. The molecule has 0 spiro atoms. The van der Waals surface area contributed by atoms with E-state index in [0.717, 1.165) is 16.5 Å². The molecule has 7 heteroatoms. The number of H-pyrrole nitrogens is 1. The van der Waals surface area contributed by atoms with E-state index in [0.29, 0.717) is 31.7 Å². The molecule has 114 valence electrons. The van der Waals surface area contributed by atoms with E-state index in [1.54, 1.807) is 6.20 Å². The zero-order valence-electron chi connectivity index (χ0n) is 11.8. The zero-order chi connectivity index (χ0) is 14.2. The molecule has 1 aromatic carbocycles. The summed E-state index contributed by atoms with van der Waals surface area (Å²) in [4.78, 5) is 12.4. The van der Waals surface area contributed by atoms with E-state index in [-0.39, 0.29) is 18.3 Å². The quantitative estimate of drug-likeness (QED) is 0.787. The number of carbonyl (C=O) groups excluding carboxylic acids is 1. The van der Waals surface area contributed by atoms with E-state index < -0.39 is 5.54 Å². The van der Waals surface area contributed by atoms with E-state index in [1.165, 1.54) is 0 Å². The third-order valence-corrected chi connectivity index (χ3v) is 3.92. The van der Waals surface area contributed by atoms with Gasteiger partial charge in [0.25, 0.3) is 0 Å². The molecule has 0 atom stereocenters. The van der Waals surface area contributed by atoms with Gasteiger partial charge in [-0.2, -0.15) is 5.10 Å². The van der Waals surface area contributed by atoms with Crippen LogP contribution >= 0.6 is 12.4 Å². The van der Waals surface area contributed by atoms with Gasteiger partial charge in [-0.1, -0.05) is 6.07 Å². The monoisotopic (exact) mass is 310 g/mol. The molecular formula is C14H19ClN4O2. The Morgan fingerprint density at radius 3 is 2.86 bits per heavy atom. The molecular weight excluding hydrogens is 292 g/mol. The number of aromatic amines is 1. The molecule has 0 aliphatic carbocycles. The normalized spacial score (nSPS) is 17.2. The molecule has 1 fully saturated rings. The Kier molecular flexibility index (Phi) is 4.51. The number of anilines is 1. The van der Waals surface area contributed by atoms with Gasteiger partial charge in [-0.25, -0.2) is 0 Å². The van der Waals surface area contributed by atoms with Crippen molar-refractivity contribution in [2.45, 2.75) is 25.3 Å². The van der Waals surface area contributed by atoms with Crippen LogP contribution in [0.2, 0.25) is 0 Å². The number of nitrogens with two attached hydrogens (primary N) is 1. The lowest BCUT2D eigenvalue weighted by Gasteiger charge is -2.31. The number of ether oxygens (including phenoxy) is 1. The Bertz CT molecular complexity index is 649. The number of benzene rings is 1. The summed E-state index contributed by atoms with van der Waals surface area (Å²) in [6, 6.07) is 3.83. The number of halogens is 1. The van der Waals surface area contributed by atoms with Gasteiger partial charge in [0.2, 0.25) is 5.91 Å². The molecule has 6 nitrogen and oxygen atoms in total. The van der Waals surface area contributed by atoms with Gasteiger partial charge in [0.15, 0.2) is 0 Å². The zero-order valence-corrected chi connectivity index (χ0v) is 12.6. The Hall–Kier alpha value is -1.63. The average molecular weight is 311 g/mol. The summed E-state index contributed by atoms with van der Waals surface area (Å²) >= 11 is 0. The lowest BCUT2D eigenvalue weighted by molar-refractivity contribution is -0.124. The standard InChI is InChI=1S/C14H18N4O2.ClH/c1-9-2-3-11(12-10(9)8-16-18-12)17-13(19)14(15)4-6-20-7-5-14;/h2-3,8H,4-7,15H2,1H3,(H,16,18)(H,17,19);1H. The largest absolute Gasteiger partial charge is 0.381 e. The van der Waals surface area contributed by atoms with Gasteiger partial charge in [-0.05, 0) is 31.4 Å². The minimum absolute atomic E-state index is 0. The maximum Gasteiger partial charge on any atom is 0.244 e. The Morgan fingerprint density at radius 1 is 1.43 bits per heavy atom. The number of hydrogen-bond donors (Lipinski definition) is 3. The maximum absolute atomic E-state index is 12.4. The SMILES string of the molecule is Cc1ccc(NC(=O)C2(N)CCOCC2)c2[nH]ncc12.Cl. The van der Waals surface area contributed by atoms with E-state index >= 15 is 0 Å². The second kappa shape index (κ2) is 6.01. The van der Waals surface area contributed by atoms with E-state index in [9.17, 15) is 4.79 Å². The number of hydrogen-bond acceptors (Lipinski definition) is 4. The van der Waals surface area contributed by atoms with Crippen molar-refractivity contribution in [2.75, 3.05) is 18.5 Å². The number of fused-ring (bicyclic) bond motifs is 1. The van der Waals surface area contributed by atoms with Crippen LogP contribution in [-0.2, 0) is 9.53 Å². The molecule has 3 rings (SSSR count). The van der Waals surface area contributed by atoms with Crippen LogP contribution in [0.4, 0.5) is 5.69 Å². The third kappa shape index (κ3) is 2.88. The lowest BCUT2D eigenvalue weighted by Crippen LogP contribution is -2.54. The van der Waals surface area contributed by atoms with Gasteiger partial charge in [0, 0.05) is 18.6 Å². The average Bonchev–Trinajstić information content (AvgIpc) is 2.93. The van der Waals surface area contributed by atoms with Crippen molar-refractivity contribution in [2.24, 2.45) is 5.73 Å². The summed E-state index contributed by atoms with van der Waals surface area (Å²) in [7, 11) is 0. The highest BCUT2D eigenvalue weighted by atomic mass is 35.5. The van der Waals surface area contributed by atoms with Gasteiger partial charge in [-0.3, -0.25) is 9.89 Å². The molecule has 0 radical (unpaired) electrons. The maximum atomic E-state index is 12.4. The topological polar surface area (TPSA) is 93.0 Å². The highest BCUT2D eigenvalue weighted by Gasteiger charge is 2.36. The van der Waals surface area contributed by atoms with Crippen LogP contribution in [0, 0.1) is 6.92 Å². The number of rotatable bonds is 2. The minimum Gasteiger partial charge on any atom is -0.381 e. The highest BCUT2D eigenvalue weighted by Crippen LogP contribution is 2.26. The van der Waals surface area contributed by atoms with Gasteiger partial charge in [0.1, 0.15) is 5.54 Å². The van der Waals surface area contributed by atoms with Crippen LogP contribution in [0.5, 0.6) is 0 Å². The van der Waals surface area contributed by atoms with Crippen LogP contribution in [-0.4, -0.2) is 34.9 Å². The Morgan fingerprint density at radius 2 is 2.14 bits per heavy atom. The van der Waals surface area contributed by atoms with Crippen molar-refractivity contribution in [1.82, 2.24) is 10.2 Å². The van der Waals surface area contributed by atoms with Crippen molar-refractivity contribution in [1.29, 1.82) is 0 Å². The van der Waals surface area contributed by atoms with Crippen molar-refractivity contribution in [3.63, 3.8) is 0 Å². The molecule has 1 amide bonds. The van der Waals surface area contributed by atoms with Gasteiger partial charge < -0.3 is 15.8 Å².